The number of para-hydroxylation sites is 1. The van der Waals surface area contributed by atoms with Gasteiger partial charge >= 0.3 is 152 Å². The van der Waals surface area contributed by atoms with Crippen LogP contribution >= 0.6 is 0 Å². The minimum atomic E-state index is 0. The van der Waals surface area contributed by atoms with Crippen molar-refractivity contribution >= 4 is 15.0 Å². The third kappa shape index (κ3) is 6.79. The van der Waals surface area contributed by atoms with Crippen molar-refractivity contribution in [1.29, 1.82) is 0 Å². The van der Waals surface area contributed by atoms with Crippen molar-refractivity contribution in [3.05, 3.63) is 91.9 Å². The predicted molar refractivity (Wildman–Crippen MR) is 109 cm³/mol. The topological polar surface area (TPSA) is 12.5 Å². The van der Waals surface area contributed by atoms with Gasteiger partial charge in [0.15, 0.2) is 0 Å². The maximum atomic E-state index is 6.06. The van der Waals surface area contributed by atoms with Gasteiger partial charge in [-0.1, -0.05) is 0 Å². The first-order valence-electron chi connectivity index (χ1n) is 9.11. The van der Waals surface area contributed by atoms with Gasteiger partial charge in [-0.15, -0.1) is 0 Å². The van der Waals surface area contributed by atoms with Crippen LogP contribution in [0.1, 0.15) is 12.5 Å². The first-order chi connectivity index (χ1) is 12.6. The summed E-state index contributed by atoms with van der Waals surface area (Å²) in [5.74, 6) is 2.57. The average molecular weight is 468 g/mol. The molecule has 2 nitrogen and oxygen atoms in total. The Balaban J connectivity index is 0.000000379. The maximum absolute atomic E-state index is 6.06. The number of fused-ring (bicyclic) bond motifs is 1. The predicted octanol–water partition coefficient (Wildman–Crippen LogP) is 3.81. The molecule has 1 aromatic rings. The van der Waals surface area contributed by atoms with Crippen LogP contribution in [0.25, 0.3) is 0 Å². The molecule has 1 aliphatic heterocycles. The van der Waals surface area contributed by atoms with Crippen LogP contribution in [0.4, 0.5) is 0 Å². The number of benzene rings is 1. The van der Waals surface area contributed by atoms with Crippen molar-refractivity contribution in [2.45, 2.75) is 30.8 Å². The number of ether oxygens (including phenoxy) is 1. The van der Waals surface area contributed by atoms with E-state index in [2.05, 4.69) is 69.4 Å². The molecule has 0 amide bonds. The molecule has 2 aliphatic carbocycles. The average Bonchev–Trinajstić information content (AvgIpc) is 3.41. The minimum absolute atomic E-state index is 0. The smallest absolute Gasteiger partial charge is 0.0312 e. The van der Waals surface area contributed by atoms with Crippen LogP contribution < -0.4 is 4.74 Å². The fraction of sp³-hybridized carbons (Fsp3) is 0.304. The van der Waals surface area contributed by atoms with Gasteiger partial charge in [0.1, 0.15) is 0 Å². The van der Waals surface area contributed by atoms with E-state index in [9.17, 15) is 0 Å². The molecule has 0 saturated heterocycles. The van der Waals surface area contributed by atoms with Gasteiger partial charge < -0.3 is 0 Å². The van der Waals surface area contributed by atoms with E-state index in [4.69, 9.17) is 4.74 Å². The summed E-state index contributed by atoms with van der Waals surface area (Å²) in [5, 5.41) is 1.15. The molecule has 0 unspecified atom stereocenters. The Morgan fingerprint density at radius 3 is 2.33 bits per heavy atom. The van der Waals surface area contributed by atoms with Crippen LogP contribution in [-0.4, -0.2) is 46.1 Å². The zero-order valence-corrected chi connectivity index (χ0v) is 18.9. The molecule has 0 bridgehead atoms. The first kappa shape index (κ1) is 23.3. The van der Waals surface area contributed by atoms with Crippen molar-refractivity contribution < 1.29 is 21.8 Å². The molecule has 0 N–H and O–H groups in total. The molecular formula is C23H27FeNOSe+2. The second kappa shape index (κ2) is 11.9. The van der Waals surface area contributed by atoms with Crippen LogP contribution in [0.5, 0.6) is 5.75 Å². The van der Waals surface area contributed by atoms with Crippen LogP contribution in [0.15, 0.2) is 24.3 Å². The molecule has 1 aromatic carbocycles. The van der Waals surface area contributed by atoms with Crippen molar-refractivity contribution in [3.63, 3.8) is 0 Å². The van der Waals surface area contributed by atoms with Gasteiger partial charge in [0.25, 0.3) is 0 Å². The van der Waals surface area contributed by atoms with Gasteiger partial charge in [-0.05, 0) is 32.1 Å². The fourth-order valence-corrected chi connectivity index (χ4v) is 5.40. The van der Waals surface area contributed by atoms with Crippen LogP contribution in [0, 0.1) is 62.1 Å². The van der Waals surface area contributed by atoms with E-state index in [1.165, 1.54) is 16.3 Å². The number of hydrogen-bond donors (Lipinski definition) is 0. The van der Waals surface area contributed by atoms with E-state index >= 15 is 0 Å². The van der Waals surface area contributed by atoms with E-state index in [-0.39, 0.29) is 17.1 Å². The third-order valence-electron chi connectivity index (χ3n) is 4.73. The van der Waals surface area contributed by atoms with Gasteiger partial charge in [0.2, 0.25) is 0 Å². The Labute approximate surface area is 183 Å². The summed E-state index contributed by atoms with van der Waals surface area (Å²) in [6, 6.07) is 8.91. The normalized spacial score (nSPS) is 23.3. The number of nitrogens with zero attached hydrogens (tertiary/aromatic N) is 1. The molecule has 4 rings (SSSR count). The molecule has 2 atom stereocenters. The molecule has 3 aliphatic rings. The maximum Gasteiger partial charge on any atom is 2.00 e. The summed E-state index contributed by atoms with van der Waals surface area (Å²) < 4.78 is 6.06. The molecule has 0 spiro atoms. The zero-order valence-electron chi connectivity index (χ0n) is 16.1. The molecular weight excluding hydrogens is 441 g/mol. The third-order valence-corrected chi connectivity index (χ3v) is 7.29. The van der Waals surface area contributed by atoms with Crippen molar-refractivity contribution in [2.75, 3.05) is 14.1 Å². The summed E-state index contributed by atoms with van der Waals surface area (Å²) in [5.41, 5.74) is 1.36. The van der Waals surface area contributed by atoms with E-state index in [0.29, 0.717) is 27.1 Å². The second-order valence-electron chi connectivity index (χ2n) is 6.81. The first-order valence-corrected chi connectivity index (χ1v) is 11.2. The molecule has 4 heteroatoms. The minimum Gasteiger partial charge on any atom is -0.0312 e. The van der Waals surface area contributed by atoms with Gasteiger partial charge in [-0.3, -0.25) is 0 Å². The molecule has 10 radical (unpaired) electrons. The monoisotopic (exact) mass is 469 g/mol. The van der Waals surface area contributed by atoms with Crippen LogP contribution in [0.2, 0.25) is 5.32 Å². The molecule has 0 aromatic heterocycles. The van der Waals surface area contributed by atoms with E-state index in [0.717, 1.165) is 17.5 Å². The second-order valence-corrected chi connectivity index (χ2v) is 9.04. The summed E-state index contributed by atoms with van der Waals surface area (Å²) >= 11 is 0.482. The van der Waals surface area contributed by atoms with Gasteiger partial charge in [0.05, 0.1) is 0 Å². The van der Waals surface area contributed by atoms with Crippen molar-refractivity contribution in [2.24, 2.45) is 0 Å². The largest absolute Gasteiger partial charge is 2.00 e. The Hall–Kier alpha value is 0.0190. The van der Waals surface area contributed by atoms with Crippen LogP contribution in [-0.2, 0) is 23.5 Å². The molecule has 2 saturated carbocycles. The van der Waals surface area contributed by atoms with Crippen molar-refractivity contribution in [3.8, 4) is 5.75 Å². The Bertz CT molecular complexity index is 516. The Morgan fingerprint density at radius 1 is 1.04 bits per heavy atom. The van der Waals surface area contributed by atoms with Gasteiger partial charge in [0, 0.05) is 0 Å². The molecule has 27 heavy (non-hydrogen) atoms. The van der Waals surface area contributed by atoms with E-state index in [1.807, 2.05) is 32.1 Å². The summed E-state index contributed by atoms with van der Waals surface area (Å²) in [6.45, 7) is 2.27. The quantitative estimate of drug-likeness (QED) is 0.610. The van der Waals surface area contributed by atoms with Crippen LogP contribution in [0.3, 0.4) is 0 Å². The standard InChI is InChI=1S/C18H22NOSe.C5H5.Fe/c1-13(19(2)3)16-8-6-10-18(16)21-12-15-11-14-7-4-5-9-17(14)20-15;1-2-4-5-3-1;/h4-10,13,15H,11-12H2,1-3H3;1-5H;/q;;+2/t13-,15-;;/m1../s1. The number of hydrogen-bond acceptors (Lipinski definition) is 2. The van der Waals surface area contributed by atoms with Crippen molar-refractivity contribution in [1.82, 2.24) is 4.90 Å². The van der Waals surface area contributed by atoms with E-state index < -0.39 is 0 Å². The summed E-state index contributed by atoms with van der Waals surface area (Å²) in [4.78, 5) is 3.81. The SMILES string of the molecule is C[C@H]([C]1[CH][CH][CH][C]1[Se]C[C@H]1Cc2ccccc2O1)N(C)C.[CH]1[CH][CH][CH][CH]1.[Fe+2]. The Morgan fingerprint density at radius 2 is 1.70 bits per heavy atom. The Kier molecular flexibility index (Phi) is 10.3. The fourth-order valence-electron chi connectivity index (χ4n) is 3.02. The molecule has 142 valence electrons. The number of rotatable bonds is 5. The van der Waals surface area contributed by atoms with Gasteiger partial charge in [-0.2, -0.15) is 0 Å². The zero-order chi connectivity index (χ0) is 18.4. The van der Waals surface area contributed by atoms with Gasteiger partial charge in [-0.25, -0.2) is 0 Å². The molecule has 1 heterocycles. The van der Waals surface area contributed by atoms with E-state index in [1.54, 1.807) is 0 Å². The summed E-state index contributed by atoms with van der Waals surface area (Å²) in [6.07, 6.45) is 18.2. The summed E-state index contributed by atoms with van der Waals surface area (Å²) in [7, 11) is 4.29. The molecule has 2 fully saturated rings.